The minimum Gasteiger partial charge on any atom is -0.481 e. The number of carbonyl (C=O) groups excluding carboxylic acids is 1. The predicted molar refractivity (Wildman–Crippen MR) is 71.0 cm³/mol. The molecule has 1 fully saturated rings. The Labute approximate surface area is 113 Å². The van der Waals surface area contributed by atoms with Crippen LogP contribution in [0.4, 0.5) is 4.79 Å². The predicted octanol–water partition coefficient (Wildman–Crippen LogP) is 1.35. The Morgan fingerprint density at radius 1 is 1.42 bits per heavy atom. The van der Waals surface area contributed by atoms with Gasteiger partial charge in [0.1, 0.15) is 0 Å². The van der Waals surface area contributed by atoms with Crippen molar-refractivity contribution in [3.8, 4) is 0 Å². The van der Waals surface area contributed by atoms with Crippen molar-refractivity contribution in [2.45, 2.75) is 51.7 Å². The maximum Gasteiger partial charge on any atom is 0.315 e. The van der Waals surface area contributed by atoms with Crippen LogP contribution in [0.1, 0.15) is 39.5 Å². The molecule has 3 unspecified atom stereocenters. The molecule has 3 atom stereocenters. The lowest BCUT2D eigenvalue weighted by Crippen LogP contribution is -2.44. The van der Waals surface area contributed by atoms with E-state index in [-0.39, 0.29) is 25.0 Å². The number of hydrogen-bond acceptors (Lipinski definition) is 3. The van der Waals surface area contributed by atoms with Crippen molar-refractivity contribution in [1.82, 2.24) is 10.6 Å². The molecule has 0 heterocycles. The van der Waals surface area contributed by atoms with Gasteiger partial charge in [0.2, 0.25) is 0 Å². The number of aliphatic carboxylic acids is 1. The van der Waals surface area contributed by atoms with Gasteiger partial charge >= 0.3 is 12.0 Å². The van der Waals surface area contributed by atoms with Crippen LogP contribution in [-0.2, 0) is 9.53 Å². The van der Waals surface area contributed by atoms with E-state index in [2.05, 4.69) is 17.6 Å². The number of nitrogens with one attached hydrogen (secondary N) is 2. The van der Waals surface area contributed by atoms with E-state index in [1.807, 2.05) is 0 Å². The third kappa shape index (κ3) is 6.42. The van der Waals surface area contributed by atoms with Gasteiger partial charge in [0.25, 0.3) is 0 Å². The van der Waals surface area contributed by atoms with Crippen molar-refractivity contribution < 1.29 is 19.4 Å². The molecule has 6 nitrogen and oxygen atoms in total. The molecule has 0 aromatic carbocycles. The average molecular weight is 272 g/mol. The maximum atomic E-state index is 11.7. The van der Waals surface area contributed by atoms with Crippen molar-refractivity contribution in [2.24, 2.45) is 5.92 Å². The molecule has 0 aliphatic heterocycles. The molecular formula is C13H24N2O4. The molecule has 1 rings (SSSR count). The second-order valence-electron chi connectivity index (χ2n) is 5.14. The van der Waals surface area contributed by atoms with Crippen LogP contribution in [0.15, 0.2) is 0 Å². The summed E-state index contributed by atoms with van der Waals surface area (Å²) in [7, 11) is 0. The van der Waals surface area contributed by atoms with E-state index in [0.717, 1.165) is 19.3 Å². The van der Waals surface area contributed by atoms with E-state index >= 15 is 0 Å². The van der Waals surface area contributed by atoms with Crippen molar-refractivity contribution in [2.75, 3.05) is 13.2 Å². The Bertz CT molecular complexity index is 309. The number of carboxylic acid groups (broad SMARTS) is 1. The van der Waals surface area contributed by atoms with Gasteiger partial charge in [0.05, 0.1) is 12.5 Å². The van der Waals surface area contributed by atoms with Crippen LogP contribution in [0.2, 0.25) is 0 Å². The number of urea groups is 1. The van der Waals surface area contributed by atoms with Crippen molar-refractivity contribution >= 4 is 12.0 Å². The van der Waals surface area contributed by atoms with Gasteiger partial charge in [0, 0.05) is 19.2 Å². The topological polar surface area (TPSA) is 87.7 Å². The quantitative estimate of drug-likeness (QED) is 0.653. The summed E-state index contributed by atoms with van der Waals surface area (Å²) in [5.41, 5.74) is 0. The Kier molecular flexibility index (Phi) is 6.62. The van der Waals surface area contributed by atoms with E-state index in [4.69, 9.17) is 9.84 Å². The second kappa shape index (κ2) is 7.99. The van der Waals surface area contributed by atoms with Crippen molar-refractivity contribution in [3.05, 3.63) is 0 Å². The van der Waals surface area contributed by atoms with E-state index < -0.39 is 12.1 Å². The molecule has 0 bridgehead atoms. The zero-order valence-corrected chi connectivity index (χ0v) is 11.6. The highest BCUT2D eigenvalue weighted by atomic mass is 16.5. The fourth-order valence-electron chi connectivity index (χ4n) is 2.40. The van der Waals surface area contributed by atoms with E-state index in [1.54, 1.807) is 6.92 Å². The molecule has 2 amide bonds. The van der Waals surface area contributed by atoms with E-state index in [9.17, 15) is 9.59 Å². The highest BCUT2D eigenvalue weighted by Gasteiger charge is 2.23. The highest BCUT2D eigenvalue weighted by molar-refractivity contribution is 5.74. The number of hydrogen-bond donors (Lipinski definition) is 3. The third-order valence-electron chi connectivity index (χ3n) is 3.32. The molecule has 19 heavy (non-hydrogen) atoms. The molecule has 0 aromatic rings. The van der Waals surface area contributed by atoms with Crippen LogP contribution in [-0.4, -0.2) is 42.4 Å². The third-order valence-corrected chi connectivity index (χ3v) is 3.32. The number of rotatable bonds is 7. The summed E-state index contributed by atoms with van der Waals surface area (Å²) in [6.45, 7) is 4.63. The first-order valence-electron chi connectivity index (χ1n) is 6.89. The average Bonchev–Trinajstić information content (AvgIpc) is 2.71. The number of ether oxygens (including phenoxy) is 1. The summed E-state index contributed by atoms with van der Waals surface area (Å²) < 4.78 is 5.27. The molecule has 1 aliphatic rings. The molecule has 6 heteroatoms. The standard InChI is InChI=1S/C13H24N2O4/c1-3-19-11(7-12(16)17)8-14-13(18)15-10-5-4-9(2)6-10/h9-11H,3-8H2,1-2H3,(H,16,17)(H2,14,15,18). The summed E-state index contributed by atoms with van der Waals surface area (Å²) in [6, 6.07) is -0.00536. The lowest BCUT2D eigenvalue weighted by atomic mass is 10.1. The summed E-state index contributed by atoms with van der Waals surface area (Å²) in [5, 5.41) is 14.3. The first-order chi connectivity index (χ1) is 9.01. The van der Waals surface area contributed by atoms with Crippen LogP contribution in [0.5, 0.6) is 0 Å². The second-order valence-corrected chi connectivity index (χ2v) is 5.14. The molecule has 0 aromatic heterocycles. The van der Waals surface area contributed by atoms with Crippen LogP contribution in [0.3, 0.4) is 0 Å². The van der Waals surface area contributed by atoms with Crippen LogP contribution >= 0.6 is 0 Å². The lowest BCUT2D eigenvalue weighted by molar-refractivity contribution is -0.140. The monoisotopic (exact) mass is 272 g/mol. The van der Waals surface area contributed by atoms with Gasteiger partial charge in [-0.25, -0.2) is 4.79 Å². The smallest absolute Gasteiger partial charge is 0.315 e. The molecule has 1 saturated carbocycles. The van der Waals surface area contributed by atoms with Crippen molar-refractivity contribution in [3.63, 3.8) is 0 Å². The Morgan fingerprint density at radius 3 is 2.68 bits per heavy atom. The van der Waals surface area contributed by atoms with E-state index in [0.29, 0.717) is 12.5 Å². The highest BCUT2D eigenvalue weighted by Crippen LogP contribution is 2.24. The summed E-state index contributed by atoms with van der Waals surface area (Å²) in [4.78, 5) is 22.3. The number of carbonyl (C=O) groups is 2. The molecule has 0 spiro atoms. The summed E-state index contributed by atoms with van der Waals surface area (Å²) in [6.07, 6.45) is 2.59. The molecular weight excluding hydrogens is 248 g/mol. The first kappa shape index (κ1) is 15.8. The summed E-state index contributed by atoms with van der Waals surface area (Å²) >= 11 is 0. The molecule has 1 aliphatic carbocycles. The van der Waals surface area contributed by atoms with Gasteiger partial charge in [-0.3, -0.25) is 4.79 Å². The summed E-state index contributed by atoms with van der Waals surface area (Å²) in [5.74, 6) is -0.265. The molecule has 0 radical (unpaired) electrons. The van der Waals surface area contributed by atoms with Crippen LogP contribution < -0.4 is 10.6 Å². The molecule has 3 N–H and O–H groups in total. The number of amides is 2. The Hall–Kier alpha value is -1.30. The zero-order valence-electron chi connectivity index (χ0n) is 11.6. The SMILES string of the molecule is CCOC(CNC(=O)NC1CCC(C)C1)CC(=O)O. The largest absolute Gasteiger partial charge is 0.481 e. The van der Waals surface area contributed by atoms with Gasteiger partial charge < -0.3 is 20.5 Å². The van der Waals surface area contributed by atoms with Crippen molar-refractivity contribution in [1.29, 1.82) is 0 Å². The van der Waals surface area contributed by atoms with Gasteiger partial charge in [0.15, 0.2) is 0 Å². The fraction of sp³-hybridized carbons (Fsp3) is 0.846. The lowest BCUT2D eigenvalue weighted by Gasteiger charge is -2.18. The van der Waals surface area contributed by atoms with Gasteiger partial charge in [-0.2, -0.15) is 0 Å². The zero-order chi connectivity index (χ0) is 14.3. The minimum absolute atomic E-state index is 0.103. The van der Waals surface area contributed by atoms with Gasteiger partial charge in [-0.15, -0.1) is 0 Å². The Morgan fingerprint density at radius 2 is 2.16 bits per heavy atom. The van der Waals surface area contributed by atoms with E-state index in [1.165, 1.54) is 0 Å². The minimum atomic E-state index is -0.926. The van der Waals surface area contributed by atoms with Gasteiger partial charge in [-0.1, -0.05) is 6.92 Å². The molecule has 110 valence electrons. The molecule has 0 saturated heterocycles. The van der Waals surface area contributed by atoms with Crippen LogP contribution in [0, 0.1) is 5.92 Å². The van der Waals surface area contributed by atoms with Crippen LogP contribution in [0.25, 0.3) is 0 Å². The van der Waals surface area contributed by atoms with Gasteiger partial charge in [-0.05, 0) is 32.1 Å². The number of carboxylic acids is 1. The maximum absolute atomic E-state index is 11.7. The Balaban J connectivity index is 2.24. The first-order valence-corrected chi connectivity index (χ1v) is 6.89. The normalized spacial score (nSPS) is 23.9. The fourth-order valence-corrected chi connectivity index (χ4v) is 2.40.